The highest BCUT2D eigenvalue weighted by Crippen LogP contribution is 2.64. The molecule has 116 valence electrons. The molecule has 0 radical (unpaired) electrons. The number of fused-ring (bicyclic) bond motifs is 2. The van der Waals surface area contributed by atoms with Crippen LogP contribution in [0.4, 0.5) is 0 Å². The fourth-order valence-electron chi connectivity index (χ4n) is 3.72. The van der Waals surface area contributed by atoms with E-state index >= 15 is 0 Å². The molecule has 0 spiro atoms. The van der Waals surface area contributed by atoms with Gasteiger partial charge in [-0.25, -0.2) is 8.42 Å². The molecule has 0 unspecified atom stereocenters. The van der Waals surface area contributed by atoms with Crippen molar-refractivity contribution in [2.24, 2.45) is 21.1 Å². The number of rotatable bonds is 4. The minimum absolute atomic E-state index is 0.0100. The van der Waals surface area contributed by atoms with E-state index in [9.17, 15) is 8.42 Å². The predicted molar refractivity (Wildman–Crippen MR) is 88.6 cm³/mol. The molecule has 2 aliphatic carbocycles. The van der Waals surface area contributed by atoms with Crippen LogP contribution in [0, 0.1) is 16.7 Å². The molecule has 20 heavy (non-hydrogen) atoms. The average molecular weight is 316 g/mol. The van der Waals surface area contributed by atoms with E-state index in [0.717, 1.165) is 24.6 Å². The predicted octanol–water partition coefficient (Wildman–Crippen LogP) is 3.94. The van der Waals surface area contributed by atoms with Crippen LogP contribution in [-0.2, 0) is 10.0 Å². The molecular formula is C15H29NO2SSi. The quantitative estimate of drug-likeness (QED) is 0.738. The second-order valence-electron chi connectivity index (χ2n) is 8.63. The van der Waals surface area contributed by atoms with Crippen molar-refractivity contribution in [1.29, 1.82) is 0 Å². The molecule has 0 aromatic heterocycles. The summed E-state index contributed by atoms with van der Waals surface area (Å²) in [6.07, 6.45) is 3.19. The monoisotopic (exact) mass is 315 g/mol. The summed E-state index contributed by atoms with van der Waals surface area (Å²) in [5.41, 5.74) is 1.14. The van der Waals surface area contributed by atoms with Gasteiger partial charge in [-0.15, -0.1) is 0 Å². The highest BCUT2D eigenvalue weighted by molar-refractivity contribution is 7.90. The Morgan fingerprint density at radius 2 is 1.85 bits per heavy atom. The van der Waals surface area contributed by atoms with Crippen LogP contribution >= 0.6 is 0 Å². The SMILES string of the molecule is CC1(C)[C@@H]2CC[C@@]1(C)/C(=N\S(=O)(=O)CC[Si](C)(C)C)C2. The van der Waals surface area contributed by atoms with E-state index in [1.54, 1.807) is 0 Å². The molecule has 3 nitrogen and oxygen atoms in total. The molecule has 2 atom stereocenters. The number of hydrogen-bond acceptors (Lipinski definition) is 2. The first-order chi connectivity index (χ1) is 8.87. The van der Waals surface area contributed by atoms with Gasteiger partial charge in [-0.1, -0.05) is 40.4 Å². The topological polar surface area (TPSA) is 46.5 Å². The van der Waals surface area contributed by atoms with Crippen LogP contribution in [-0.4, -0.2) is 28.0 Å². The molecule has 2 rings (SSSR count). The molecule has 0 amide bonds. The third kappa shape index (κ3) is 2.76. The van der Waals surface area contributed by atoms with Gasteiger partial charge in [0.1, 0.15) is 0 Å². The molecule has 0 aromatic rings. The molecule has 0 saturated heterocycles. The second kappa shape index (κ2) is 4.67. The Balaban J connectivity index is 2.21. The third-order valence-corrected chi connectivity index (χ3v) is 9.20. The molecule has 0 heterocycles. The lowest BCUT2D eigenvalue weighted by atomic mass is 9.70. The largest absolute Gasteiger partial charge is 0.252 e. The van der Waals surface area contributed by atoms with Gasteiger partial charge in [0, 0.05) is 19.2 Å². The van der Waals surface area contributed by atoms with E-state index in [4.69, 9.17) is 0 Å². The van der Waals surface area contributed by atoms with E-state index in [-0.39, 0.29) is 16.6 Å². The minimum atomic E-state index is -3.29. The molecule has 0 N–H and O–H groups in total. The van der Waals surface area contributed by atoms with Crippen molar-refractivity contribution in [2.75, 3.05) is 5.75 Å². The Labute approximate surface area is 125 Å². The lowest BCUT2D eigenvalue weighted by Crippen LogP contribution is -2.33. The normalized spacial score (nSPS) is 34.9. The lowest BCUT2D eigenvalue weighted by molar-refractivity contribution is 0.194. The number of hydrogen-bond donors (Lipinski definition) is 0. The van der Waals surface area contributed by atoms with Gasteiger partial charge in [0.15, 0.2) is 0 Å². The molecule has 2 fully saturated rings. The summed E-state index contributed by atoms with van der Waals surface area (Å²) < 4.78 is 28.9. The highest BCUT2D eigenvalue weighted by atomic mass is 32.2. The third-order valence-electron chi connectivity index (χ3n) is 5.87. The van der Waals surface area contributed by atoms with Crippen LogP contribution in [0.5, 0.6) is 0 Å². The van der Waals surface area contributed by atoms with Gasteiger partial charge in [0.05, 0.1) is 5.75 Å². The van der Waals surface area contributed by atoms with Gasteiger partial charge in [0.2, 0.25) is 0 Å². The molecule has 5 heteroatoms. The van der Waals surface area contributed by atoms with Crippen molar-refractivity contribution >= 4 is 23.8 Å². The molecule has 2 saturated carbocycles. The summed E-state index contributed by atoms with van der Waals surface area (Å²) in [6.45, 7) is 13.4. The van der Waals surface area contributed by atoms with Crippen LogP contribution in [0.25, 0.3) is 0 Å². The summed E-state index contributed by atoms with van der Waals surface area (Å²) in [6, 6.07) is 0.801. The van der Waals surface area contributed by atoms with Crippen molar-refractivity contribution in [3.63, 3.8) is 0 Å². The van der Waals surface area contributed by atoms with Crippen LogP contribution in [0.2, 0.25) is 25.7 Å². The summed E-state index contributed by atoms with van der Waals surface area (Å²) in [5.74, 6) is 0.839. The Kier molecular flexibility index (Phi) is 3.78. The zero-order valence-corrected chi connectivity index (χ0v) is 15.6. The van der Waals surface area contributed by atoms with E-state index in [0.29, 0.717) is 5.92 Å². The van der Waals surface area contributed by atoms with Crippen LogP contribution in [0.1, 0.15) is 40.0 Å². The number of nitrogens with zero attached hydrogens (tertiary/aromatic N) is 1. The zero-order chi connectivity index (χ0) is 15.4. The van der Waals surface area contributed by atoms with E-state index in [1.165, 1.54) is 6.42 Å². The Morgan fingerprint density at radius 3 is 2.25 bits per heavy atom. The van der Waals surface area contributed by atoms with Gasteiger partial charge in [-0.05, 0) is 36.6 Å². The van der Waals surface area contributed by atoms with Crippen LogP contribution in [0.15, 0.2) is 4.40 Å². The Bertz CT molecular complexity index is 531. The van der Waals surface area contributed by atoms with Gasteiger partial charge < -0.3 is 0 Å². The van der Waals surface area contributed by atoms with Crippen LogP contribution in [0.3, 0.4) is 0 Å². The molecule has 2 bridgehead atoms. The van der Waals surface area contributed by atoms with Crippen molar-refractivity contribution in [2.45, 2.75) is 65.7 Å². The fourth-order valence-corrected chi connectivity index (χ4v) is 7.90. The highest BCUT2D eigenvalue weighted by Gasteiger charge is 2.60. The molecule has 0 aliphatic heterocycles. The zero-order valence-electron chi connectivity index (χ0n) is 13.8. The maximum Gasteiger partial charge on any atom is 0.252 e. The molecule has 0 aromatic carbocycles. The maximum atomic E-state index is 12.3. The summed E-state index contributed by atoms with van der Waals surface area (Å²) in [7, 11) is -4.62. The molecule has 2 aliphatic rings. The van der Waals surface area contributed by atoms with Gasteiger partial charge in [-0.3, -0.25) is 0 Å². The lowest BCUT2D eigenvalue weighted by Gasteiger charge is -2.34. The van der Waals surface area contributed by atoms with Gasteiger partial charge in [0.25, 0.3) is 10.0 Å². The smallest absolute Gasteiger partial charge is 0.205 e. The standard InChI is InChI=1S/C15H29NO2SSi/c1-14(2)12-7-8-15(14,3)13(11-12)16-19(17,18)9-10-20(4,5)6/h12H,7-11H2,1-6H3/b16-13-/t12-,15+/m1/s1. The van der Waals surface area contributed by atoms with Gasteiger partial charge >= 0.3 is 0 Å². The van der Waals surface area contributed by atoms with Crippen molar-refractivity contribution < 1.29 is 8.42 Å². The first-order valence-corrected chi connectivity index (χ1v) is 13.0. The fraction of sp³-hybridized carbons (Fsp3) is 0.933. The summed E-state index contributed by atoms with van der Waals surface area (Å²) in [5, 5.41) is 0. The first-order valence-electron chi connectivity index (χ1n) is 7.69. The average Bonchev–Trinajstić information content (AvgIpc) is 2.58. The van der Waals surface area contributed by atoms with Crippen molar-refractivity contribution in [3.8, 4) is 0 Å². The van der Waals surface area contributed by atoms with Gasteiger partial charge in [-0.2, -0.15) is 4.40 Å². The Morgan fingerprint density at radius 1 is 1.25 bits per heavy atom. The van der Waals surface area contributed by atoms with Crippen molar-refractivity contribution in [3.05, 3.63) is 0 Å². The first kappa shape index (κ1) is 16.2. The van der Waals surface area contributed by atoms with E-state index in [1.807, 2.05) is 0 Å². The minimum Gasteiger partial charge on any atom is -0.205 e. The second-order valence-corrected chi connectivity index (χ2v) is 16.0. The van der Waals surface area contributed by atoms with E-state index < -0.39 is 18.1 Å². The van der Waals surface area contributed by atoms with E-state index in [2.05, 4.69) is 44.8 Å². The summed E-state index contributed by atoms with van der Waals surface area (Å²) in [4.78, 5) is 0. The van der Waals surface area contributed by atoms with Crippen molar-refractivity contribution in [1.82, 2.24) is 0 Å². The summed E-state index contributed by atoms with van der Waals surface area (Å²) >= 11 is 0. The number of sulfonamides is 1. The maximum absolute atomic E-state index is 12.3. The molecular weight excluding hydrogens is 286 g/mol. The Hall–Kier alpha value is -0.163. The van der Waals surface area contributed by atoms with Crippen LogP contribution < -0.4 is 0 Å².